The summed E-state index contributed by atoms with van der Waals surface area (Å²) in [5, 5.41) is 6.50. The van der Waals surface area contributed by atoms with Gasteiger partial charge in [-0.1, -0.05) is 49.3 Å². The van der Waals surface area contributed by atoms with E-state index < -0.39 is 17.9 Å². The highest BCUT2D eigenvalue weighted by molar-refractivity contribution is 5.95. The van der Waals surface area contributed by atoms with Crippen LogP contribution < -0.4 is 11.1 Å². The van der Waals surface area contributed by atoms with Crippen LogP contribution in [0.4, 0.5) is 0 Å². The maximum atomic E-state index is 12.2. The molecular weight excluding hydrogens is 294 g/mol. The number of carbonyl (C=O) groups is 2. The molecule has 0 radical (unpaired) electrons. The van der Waals surface area contributed by atoms with E-state index in [2.05, 4.69) is 10.5 Å². The monoisotopic (exact) mass is 315 g/mol. The summed E-state index contributed by atoms with van der Waals surface area (Å²) in [5.41, 5.74) is 7.02. The Labute approximate surface area is 135 Å². The third kappa shape index (κ3) is 4.42. The standard InChI is InChI=1S/C17H21N3O3/c1-3-11(2)13-10-15(23-20-13)17(22)19-14(16(18)21)9-12-7-5-4-6-8-12/h4-8,10-11,14H,3,9H2,1-2H3,(H2,18,21)(H,19,22)/t11-,14-/m0/s1. The van der Waals surface area contributed by atoms with E-state index in [0.717, 1.165) is 17.7 Å². The number of rotatable bonds is 7. The number of amides is 2. The molecule has 3 N–H and O–H groups in total. The SMILES string of the molecule is CC[C@H](C)c1cc(C(=O)N[C@@H](Cc2ccccc2)C(N)=O)on1. The van der Waals surface area contributed by atoms with Gasteiger partial charge in [0.1, 0.15) is 6.04 Å². The van der Waals surface area contributed by atoms with Crippen molar-refractivity contribution in [3.05, 3.63) is 53.4 Å². The van der Waals surface area contributed by atoms with Gasteiger partial charge >= 0.3 is 0 Å². The smallest absolute Gasteiger partial charge is 0.290 e. The molecule has 0 aliphatic carbocycles. The van der Waals surface area contributed by atoms with E-state index in [0.29, 0.717) is 6.42 Å². The molecule has 1 heterocycles. The Morgan fingerprint density at radius 3 is 2.61 bits per heavy atom. The number of primary amides is 1. The second-order valence-corrected chi connectivity index (χ2v) is 5.54. The number of nitrogens with one attached hydrogen (secondary N) is 1. The molecule has 0 aliphatic rings. The molecule has 2 aromatic rings. The summed E-state index contributed by atoms with van der Waals surface area (Å²) < 4.78 is 5.07. The summed E-state index contributed by atoms with van der Waals surface area (Å²) >= 11 is 0. The normalized spacial score (nSPS) is 13.3. The van der Waals surface area contributed by atoms with Crippen LogP contribution in [0.3, 0.4) is 0 Å². The Morgan fingerprint density at radius 1 is 1.30 bits per heavy atom. The Balaban J connectivity index is 2.06. The van der Waals surface area contributed by atoms with E-state index in [4.69, 9.17) is 10.3 Å². The lowest BCUT2D eigenvalue weighted by atomic mass is 10.0. The van der Waals surface area contributed by atoms with Crippen molar-refractivity contribution < 1.29 is 14.1 Å². The molecule has 0 saturated heterocycles. The van der Waals surface area contributed by atoms with Crippen molar-refractivity contribution >= 4 is 11.8 Å². The minimum atomic E-state index is -0.804. The number of hydrogen-bond acceptors (Lipinski definition) is 4. The lowest BCUT2D eigenvalue weighted by Gasteiger charge is -2.14. The van der Waals surface area contributed by atoms with E-state index in [1.165, 1.54) is 0 Å². The molecule has 0 bridgehead atoms. The van der Waals surface area contributed by atoms with Gasteiger partial charge in [0, 0.05) is 18.4 Å². The molecule has 0 saturated carbocycles. The second-order valence-electron chi connectivity index (χ2n) is 5.54. The highest BCUT2D eigenvalue weighted by Crippen LogP contribution is 2.18. The van der Waals surface area contributed by atoms with Crippen LogP contribution in [0.2, 0.25) is 0 Å². The second kappa shape index (κ2) is 7.58. The van der Waals surface area contributed by atoms with Crippen LogP contribution >= 0.6 is 0 Å². The molecule has 0 spiro atoms. The van der Waals surface area contributed by atoms with Gasteiger partial charge in [-0.15, -0.1) is 0 Å². The van der Waals surface area contributed by atoms with Gasteiger partial charge in [0.2, 0.25) is 11.7 Å². The predicted octanol–water partition coefficient (Wildman–Crippen LogP) is 2.01. The van der Waals surface area contributed by atoms with Crippen LogP contribution in [0, 0.1) is 0 Å². The zero-order valence-corrected chi connectivity index (χ0v) is 13.3. The lowest BCUT2D eigenvalue weighted by Crippen LogP contribution is -2.45. The molecule has 1 aromatic carbocycles. The molecule has 0 fully saturated rings. The molecule has 122 valence electrons. The number of benzene rings is 1. The van der Waals surface area contributed by atoms with Gasteiger partial charge in [0.05, 0.1) is 5.69 Å². The maximum Gasteiger partial charge on any atom is 0.290 e. The van der Waals surface area contributed by atoms with Crippen molar-refractivity contribution in [1.82, 2.24) is 10.5 Å². The van der Waals surface area contributed by atoms with Crippen LogP contribution in [0.15, 0.2) is 40.9 Å². The molecule has 1 aromatic heterocycles. The fourth-order valence-electron chi connectivity index (χ4n) is 2.14. The van der Waals surface area contributed by atoms with Gasteiger partial charge < -0.3 is 15.6 Å². The van der Waals surface area contributed by atoms with Gasteiger partial charge in [-0.25, -0.2) is 0 Å². The van der Waals surface area contributed by atoms with E-state index in [9.17, 15) is 9.59 Å². The highest BCUT2D eigenvalue weighted by Gasteiger charge is 2.22. The average Bonchev–Trinajstić information content (AvgIpc) is 3.04. The van der Waals surface area contributed by atoms with Crippen molar-refractivity contribution in [2.75, 3.05) is 0 Å². The molecule has 0 unspecified atom stereocenters. The summed E-state index contributed by atoms with van der Waals surface area (Å²) in [6, 6.07) is 10.2. The van der Waals surface area contributed by atoms with E-state index in [-0.39, 0.29) is 11.7 Å². The highest BCUT2D eigenvalue weighted by atomic mass is 16.5. The average molecular weight is 315 g/mol. The first-order chi connectivity index (χ1) is 11.0. The van der Waals surface area contributed by atoms with Gasteiger partial charge in [-0.3, -0.25) is 9.59 Å². The molecule has 23 heavy (non-hydrogen) atoms. The Hall–Kier alpha value is -2.63. The molecular formula is C17H21N3O3. The summed E-state index contributed by atoms with van der Waals surface area (Å²) in [5.74, 6) is -0.799. The molecule has 2 rings (SSSR count). The molecule has 6 heteroatoms. The van der Waals surface area contributed by atoms with Gasteiger partial charge in [-0.2, -0.15) is 0 Å². The Kier molecular flexibility index (Phi) is 5.51. The third-order valence-corrected chi connectivity index (χ3v) is 3.80. The van der Waals surface area contributed by atoms with E-state index in [1.54, 1.807) is 6.07 Å². The molecule has 0 aliphatic heterocycles. The first-order valence-electron chi connectivity index (χ1n) is 7.62. The van der Waals surface area contributed by atoms with Gasteiger partial charge in [0.25, 0.3) is 5.91 Å². The quantitative estimate of drug-likeness (QED) is 0.816. The predicted molar refractivity (Wildman–Crippen MR) is 85.8 cm³/mol. The Morgan fingerprint density at radius 2 is 2.00 bits per heavy atom. The zero-order chi connectivity index (χ0) is 16.8. The number of hydrogen-bond donors (Lipinski definition) is 2. The summed E-state index contributed by atoms with van der Waals surface area (Å²) in [4.78, 5) is 23.8. The van der Waals surface area contributed by atoms with Crippen LogP contribution in [-0.2, 0) is 11.2 Å². The zero-order valence-electron chi connectivity index (χ0n) is 13.3. The van der Waals surface area contributed by atoms with Crippen LogP contribution in [-0.4, -0.2) is 23.0 Å². The van der Waals surface area contributed by atoms with E-state index in [1.807, 2.05) is 44.2 Å². The molecule has 2 atom stereocenters. The van der Waals surface area contributed by atoms with Crippen molar-refractivity contribution in [1.29, 1.82) is 0 Å². The fourth-order valence-corrected chi connectivity index (χ4v) is 2.14. The minimum absolute atomic E-state index is 0.0830. The third-order valence-electron chi connectivity index (χ3n) is 3.80. The largest absolute Gasteiger partial charge is 0.368 e. The van der Waals surface area contributed by atoms with Gasteiger partial charge in [-0.05, 0) is 12.0 Å². The topological polar surface area (TPSA) is 98.2 Å². The van der Waals surface area contributed by atoms with Gasteiger partial charge in [0.15, 0.2) is 0 Å². The fraction of sp³-hybridized carbons (Fsp3) is 0.353. The van der Waals surface area contributed by atoms with Crippen molar-refractivity contribution in [3.8, 4) is 0 Å². The van der Waals surface area contributed by atoms with Crippen LogP contribution in [0.25, 0.3) is 0 Å². The van der Waals surface area contributed by atoms with Crippen LogP contribution in [0.1, 0.15) is 48.0 Å². The molecule has 6 nitrogen and oxygen atoms in total. The Bertz CT molecular complexity index is 667. The number of nitrogens with zero attached hydrogens (tertiary/aromatic N) is 1. The number of nitrogens with two attached hydrogens (primary N) is 1. The van der Waals surface area contributed by atoms with Crippen molar-refractivity contribution in [2.24, 2.45) is 5.73 Å². The summed E-state index contributed by atoms with van der Waals surface area (Å²) in [6.45, 7) is 4.03. The van der Waals surface area contributed by atoms with Crippen molar-refractivity contribution in [2.45, 2.75) is 38.6 Å². The number of aromatic nitrogens is 1. The first kappa shape index (κ1) is 16.7. The summed E-state index contributed by atoms with van der Waals surface area (Å²) in [7, 11) is 0. The van der Waals surface area contributed by atoms with Crippen LogP contribution in [0.5, 0.6) is 0 Å². The van der Waals surface area contributed by atoms with E-state index >= 15 is 0 Å². The summed E-state index contributed by atoms with van der Waals surface area (Å²) in [6.07, 6.45) is 1.22. The lowest BCUT2D eigenvalue weighted by molar-refractivity contribution is -0.119. The minimum Gasteiger partial charge on any atom is -0.368 e. The molecule has 2 amide bonds. The number of carbonyl (C=O) groups excluding carboxylic acids is 2. The maximum absolute atomic E-state index is 12.2. The van der Waals surface area contributed by atoms with Crippen molar-refractivity contribution in [3.63, 3.8) is 0 Å². The first-order valence-corrected chi connectivity index (χ1v) is 7.62.